The maximum atomic E-state index is 5.01. The Kier molecular flexibility index (Phi) is 11.9. The maximum absolute atomic E-state index is 5.01. The van der Waals surface area contributed by atoms with Crippen molar-refractivity contribution in [2.24, 2.45) is 16.5 Å². The largest absolute Gasteiger partial charge is 0.370 e. The van der Waals surface area contributed by atoms with Gasteiger partial charge in [-0.1, -0.05) is 6.92 Å². The molecule has 3 heteroatoms. The Morgan fingerprint density at radius 2 is 1.89 bits per heavy atom. The van der Waals surface area contributed by atoms with Gasteiger partial charge < -0.3 is 11.5 Å². The lowest BCUT2D eigenvalue weighted by atomic mass is 10.5. The molecule has 0 aromatic carbocycles. The van der Waals surface area contributed by atoms with Crippen LogP contribution in [-0.2, 0) is 0 Å². The molecule has 0 fully saturated rings. The van der Waals surface area contributed by atoms with Gasteiger partial charge in [-0.05, 0) is 6.42 Å². The molecule has 0 bridgehead atoms. The second kappa shape index (κ2) is 9.95. The van der Waals surface area contributed by atoms with E-state index in [1.54, 1.807) is 0 Å². The zero-order valence-electron chi connectivity index (χ0n) is 5.67. The average Bonchev–Trinajstić information content (AvgIpc) is 1.88. The van der Waals surface area contributed by atoms with E-state index in [4.69, 9.17) is 11.5 Å². The highest BCUT2D eigenvalue weighted by atomic mass is 15.0. The van der Waals surface area contributed by atoms with Crippen LogP contribution in [0, 0.1) is 12.8 Å². The SMILES string of the molecule is C#C.CCCN=C(N)N. The predicted octanol–water partition coefficient (Wildman–Crippen LogP) is -0.0808. The normalized spacial score (nSPS) is 6.56. The summed E-state index contributed by atoms with van der Waals surface area (Å²) in [6.45, 7) is 2.76. The first kappa shape index (κ1) is 10.7. The van der Waals surface area contributed by atoms with Gasteiger partial charge in [-0.3, -0.25) is 4.99 Å². The van der Waals surface area contributed by atoms with Crippen molar-refractivity contribution in [3.63, 3.8) is 0 Å². The number of nitrogens with two attached hydrogens (primary N) is 2. The van der Waals surface area contributed by atoms with Crippen LogP contribution in [0.25, 0.3) is 0 Å². The second-order valence-corrected chi connectivity index (χ2v) is 1.31. The van der Waals surface area contributed by atoms with Gasteiger partial charge in [-0.25, -0.2) is 0 Å². The molecule has 0 spiro atoms. The Labute approximate surface area is 56.1 Å². The Morgan fingerprint density at radius 1 is 1.44 bits per heavy atom. The van der Waals surface area contributed by atoms with Crippen LogP contribution in [0.1, 0.15) is 13.3 Å². The van der Waals surface area contributed by atoms with Crippen LogP contribution < -0.4 is 11.5 Å². The molecule has 0 atom stereocenters. The summed E-state index contributed by atoms with van der Waals surface area (Å²) >= 11 is 0. The van der Waals surface area contributed by atoms with Crippen molar-refractivity contribution in [3.8, 4) is 12.8 Å². The van der Waals surface area contributed by atoms with Gasteiger partial charge in [0.1, 0.15) is 0 Å². The molecule has 0 aliphatic carbocycles. The number of guanidine groups is 1. The molecule has 9 heavy (non-hydrogen) atoms. The number of hydrogen-bond acceptors (Lipinski definition) is 1. The lowest BCUT2D eigenvalue weighted by Crippen LogP contribution is -2.22. The fraction of sp³-hybridized carbons (Fsp3) is 0.500. The van der Waals surface area contributed by atoms with Crippen LogP contribution in [0.3, 0.4) is 0 Å². The molecule has 0 unspecified atom stereocenters. The molecule has 3 nitrogen and oxygen atoms in total. The van der Waals surface area contributed by atoms with Gasteiger partial charge >= 0.3 is 0 Å². The zero-order chi connectivity index (χ0) is 7.70. The molecule has 0 rings (SSSR count). The van der Waals surface area contributed by atoms with Crippen LogP contribution >= 0.6 is 0 Å². The minimum Gasteiger partial charge on any atom is -0.370 e. The summed E-state index contributed by atoms with van der Waals surface area (Å²) in [5, 5.41) is 0. The van der Waals surface area contributed by atoms with E-state index in [0.29, 0.717) is 0 Å². The van der Waals surface area contributed by atoms with Crippen LogP contribution in [-0.4, -0.2) is 12.5 Å². The van der Waals surface area contributed by atoms with Crippen molar-refractivity contribution < 1.29 is 0 Å². The van der Waals surface area contributed by atoms with Gasteiger partial charge in [0.05, 0.1) is 0 Å². The summed E-state index contributed by atoms with van der Waals surface area (Å²) in [6, 6.07) is 0. The summed E-state index contributed by atoms with van der Waals surface area (Å²) in [6.07, 6.45) is 9.00. The van der Waals surface area contributed by atoms with Gasteiger partial charge in [-0.2, -0.15) is 0 Å². The molecule has 0 aliphatic heterocycles. The first-order valence-corrected chi connectivity index (χ1v) is 2.66. The van der Waals surface area contributed by atoms with E-state index >= 15 is 0 Å². The molecule has 0 radical (unpaired) electrons. The number of terminal acetylenes is 1. The summed E-state index contributed by atoms with van der Waals surface area (Å²) in [7, 11) is 0. The minimum atomic E-state index is 0.182. The monoisotopic (exact) mass is 127 g/mol. The standard InChI is InChI=1S/C4H11N3.C2H2/c1-2-3-7-4(5)6;1-2/h2-3H2,1H3,(H4,5,6,7);1-2H. The highest BCUT2D eigenvalue weighted by molar-refractivity contribution is 5.75. The molecule has 4 N–H and O–H groups in total. The third-order valence-corrected chi connectivity index (χ3v) is 0.518. The van der Waals surface area contributed by atoms with E-state index in [2.05, 4.69) is 17.8 Å². The zero-order valence-corrected chi connectivity index (χ0v) is 5.67. The van der Waals surface area contributed by atoms with E-state index in [1.165, 1.54) is 0 Å². The molecule has 0 aliphatic rings. The summed E-state index contributed by atoms with van der Waals surface area (Å²) in [4.78, 5) is 3.72. The Bertz CT molecular complexity index is 89.7. The lowest BCUT2D eigenvalue weighted by molar-refractivity contribution is 0.927. The van der Waals surface area contributed by atoms with Crippen molar-refractivity contribution in [2.45, 2.75) is 13.3 Å². The van der Waals surface area contributed by atoms with Gasteiger partial charge in [-0.15, -0.1) is 12.8 Å². The summed E-state index contributed by atoms with van der Waals surface area (Å²) in [5.74, 6) is 0.182. The van der Waals surface area contributed by atoms with Gasteiger partial charge in [0.15, 0.2) is 5.96 Å². The fourth-order valence-corrected chi connectivity index (χ4v) is 0.241. The van der Waals surface area contributed by atoms with Crippen LogP contribution in [0.2, 0.25) is 0 Å². The molecule has 0 saturated heterocycles. The van der Waals surface area contributed by atoms with Crippen molar-refractivity contribution in [2.75, 3.05) is 6.54 Å². The fourth-order valence-electron chi connectivity index (χ4n) is 0.241. The van der Waals surface area contributed by atoms with E-state index < -0.39 is 0 Å². The smallest absolute Gasteiger partial charge is 0.185 e. The van der Waals surface area contributed by atoms with Crippen LogP contribution in [0.15, 0.2) is 4.99 Å². The second-order valence-electron chi connectivity index (χ2n) is 1.31. The average molecular weight is 127 g/mol. The van der Waals surface area contributed by atoms with Gasteiger partial charge in [0, 0.05) is 6.54 Å². The third kappa shape index (κ3) is 19.9. The number of rotatable bonds is 2. The molecular formula is C6H13N3. The van der Waals surface area contributed by atoms with Crippen LogP contribution in [0.4, 0.5) is 0 Å². The third-order valence-electron chi connectivity index (χ3n) is 0.518. The molecule has 0 aromatic heterocycles. The molecular weight excluding hydrogens is 114 g/mol. The first-order chi connectivity index (χ1) is 4.27. The van der Waals surface area contributed by atoms with Gasteiger partial charge in [0.2, 0.25) is 0 Å². The topological polar surface area (TPSA) is 64.4 Å². The number of aliphatic imine (C=N–C) groups is 1. The number of hydrogen-bond donors (Lipinski definition) is 2. The molecule has 0 amide bonds. The van der Waals surface area contributed by atoms with E-state index in [0.717, 1.165) is 13.0 Å². The molecule has 52 valence electrons. The van der Waals surface area contributed by atoms with Crippen LogP contribution in [0.5, 0.6) is 0 Å². The maximum Gasteiger partial charge on any atom is 0.185 e. The van der Waals surface area contributed by atoms with Crippen molar-refractivity contribution in [1.29, 1.82) is 0 Å². The highest BCUT2D eigenvalue weighted by Gasteiger charge is 1.74. The van der Waals surface area contributed by atoms with E-state index in [9.17, 15) is 0 Å². The highest BCUT2D eigenvalue weighted by Crippen LogP contribution is 1.73. The molecule has 0 heterocycles. The first-order valence-electron chi connectivity index (χ1n) is 2.66. The molecule has 0 saturated carbocycles. The van der Waals surface area contributed by atoms with E-state index in [1.807, 2.05) is 6.92 Å². The number of nitrogens with zero attached hydrogens (tertiary/aromatic N) is 1. The quantitative estimate of drug-likeness (QED) is 0.309. The lowest BCUT2D eigenvalue weighted by Gasteiger charge is -1.86. The van der Waals surface area contributed by atoms with Crippen molar-refractivity contribution in [1.82, 2.24) is 0 Å². The Morgan fingerprint density at radius 3 is 2.00 bits per heavy atom. The Balaban J connectivity index is 0. The minimum absolute atomic E-state index is 0.182. The van der Waals surface area contributed by atoms with E-state index in [-0.39, 0.29) is 5.96 Å². The Hall–Kier alpha value is -1.17. The van der Waals surface area contributed by atoms with Crippen molar-refractivity contribution >= 4 is 5.96 Å². The summed E-state index contributed by atoms with van der Waals surface area (Å²) < 4.78 is 0. The predicted molar refractivity (Wildman–Crippen MR) is 40.9 cm³/mol. The molecule has 0 aromatic rings. The van der Waals surface area contributed by atoms with Gasteiger partial charge in [0.25, 0.3) is 0 Å². The van der Waals surface area contributed by atoms with Crippen molar-refractivity contribution in [3.05, 3.63) is 0 Å². The summed E-state index contributed by atoms with van der Waals surface area (Å²) in [5.41, 5.74) is 10.0.